The third kappa shape index (κ3) is 1.56. The van der Waals surface area contributed by atoms with Crippen LogP contribution in [0.1, 0.15) is 11.1 Å². The van der Waals surface area contributed by atoms with Crippen molar-refractivity contribution in [1.29, 1.82) is 0 Å². The molecule has 0 amide bonds. The van der Waals surface area contributed by atoms with E-state index >= 15 is 0 Å². The standard InChI is InChI=1S/C8H12N2/c9-5-7-1-2-8(6-10)4-3-7/h1-4H,5-6,9-10H2. The molecule has 1 aromatic rings. The van der Waals surface area contributed by atoms with Crippen LogP contribution in [-0.4, -0.2) is 0 Å². The SMILES string of the molecule is NCc1ccc(CN)cc1. The number of hydrogen-bond acceptors (Lipinski definition) is 2. The second-order valence-corrected chi connectivity index (χ2v) is 2.22. The lowest BCUT2D eigenvalue weighted by molar-refractivity contribution is 1.04. The largest absolute Gasteiger partial charge is 0.326 e. The minimum Gasteiger partial charge on any atom is -0.326 e. The summed E-state index contributed by atoms with van der Waals surface area (Å²) in [6.07, 6.45) is 0. The Bertz CT molecular complexity index is 168. The van der Waals surface area contributed by atoms with E-state index in [9.17, 15) is 0 Å². The van der Waals surface area contributed by atoms with E-state index in [1.54, 1.807) is 0 Å². The minimum absolute atomic E-state index is 0.602. The maximum atomic E-state index is 5.41. The summed E-state index contributed by atoms with van der Waals surface area (Å²) in [4.78, 5) is 0. The Hall–Kier alpha value is -0.860. The quantitative estimate of drug-likeness (QED) is 0.625. The van der Waals surface area contributed by atoms with Crippen molar-refractivity contribution in [1.82, 2.24) is 0 Å². The molecule has 2 nitrogen and oxygen atoms in total. The summed E-state index contributed by atoms with van der Waals surface area (Å²) in [5.41, 5.74) is 13.1. The van der Waals surface area contributed by atoms with Gasteiger partial charge >= 0.3 is 0 Å². The lowest BCUT2D eigenvalue weighted by Gasteiger charge is -1.97. The van der Waals surface area contributed by atoms with E-state index in [4.69, 9.17) is 11.5 Å². The van der Waals surface area contributed by atoms with Gasteiger partial charge in [-0.15, -0.1) is 0 Å². The van der Waals surface area contributed by atoms with Gasteiger partial charge in [-0.1, -0.05) is 24.3 Å². The summed E-state index contributed by atoms with van der Waals surface area (Å²) in [6, 6.07) is 8.01. The number of hydrogen-bond donors (Lipinski definition) is 2. The molecule has 1 aromatic carbocycles. The first-order valence-corrected chi connectivity index (χ1v) is 3.34. The molecule has 0 aromatic heterocycles. The van der Waals surface area contributed by atoms with Gasteiger partial charge < -0.3 is 11.5 Å². The van der Waals surface area contributed by atoms with Gasteiger partial charge in [-0.05, 0) is 11.1 Å². The van der Waals surface area contributed by atoms with Crippen molar-refractivity contribution in [2.24, 2.45) is 11.5 Å². The fraction of sp³-hybridized carbons (Fsp3) is 0.250. The smallest absolute Gasteiger partial charge is 0.0178 e. The maximum Gasteiger partial charge on any atom is 0.0178 e. The number of benzene rings is 1. The van der Waals surface area contributed by atoms with E-state index in [1.165, 1.54) is 0 Å². The summed E-state index contributed by atoms with van der Waals surface area (Å²) in [5, 5.41) is 0. The van der Waals surface area contributed by atoms with Crippen LogP contribution >= 0.6 is 0 Å². The second kappa shape index (κ2) is 3.34. The molecule has 4 N–H and O–H groups in total. The lowest BCUT2D eigenvalue weighted by Crippen LogP contribution is -1.98. The average molecular weight is 136 g/mol. The van der Waals surface area contributed by atoms with Crippen LogP contribution < -0.4 is 11.5 Å². The molecular formula is C8H12N2. The molecule has 10 heavy (non-hydrogen) atoms. The Balaban J connectivity index is 2.80. The molecule has 0 radical (unpaired) electrons. The molecule has 0 aliphatic rings. The van der Waals surface area contributed by atoms with Crippen molar-refractivity contribution in [2.75, 3.05) is 0 Å². The molecule has 1 rings (SSSR count). The Kier molecular flexibility index (Phi) is 2.42. The van der Waals surface area contributed by atoms with Gasteiger partial charge in [0.15, 0.2) is 0 Å². The van der Waals surface area contributed by atoms with Gasteiger partial charge in [0.2, 0.25) is 0 Å². The Morgan fingerprint density at radius 1 is 0.800 bits per heavy atom. The van der Waals surface area contributed by atoms with Crippen LogP contribution in [0.4, 0.5) is 0 Å². The van der Waals surface area contributed by atoms with E-state index in [1.807, 2.05) is 24.3 Å². The van der Waals surface area contributed by atoms with Crippen molar-refractivity contribution in [2.45, 2.75) is 13.1 Å². The maximum absolute atomic E-state index is 5.41. The molecule has 0 fully saturated rings. The molecule has 0 saturated heterocycles. The summed E-state index contributed by atoms with van der Waals surface area (Å²) in [7, 11) is 0. The molecule has 0 saturated carbocycles. The van der Waals surface area contributed by atoms with Crippen LogP contribution in [0.25, 0.3) is 0 Å². The fourth-order valence-corrected chi connectivity index (χ4v) is 0.811. The highest BCUT2D eigenvalue weighted by atomic mass is 14.5. The molecule has 0 bridgehead atoms. The molecule has 0 heterocycles. The van der Waals surface area contributed by atoms with Crippen LogP contribution in [0, 0.1) is 0 Å². The first-order chi connectivity index (χ1) is 4.86. The zero-order chi connectivity index (χ0) is 7.40. The second-order valence-electron chi connectivity index (χ2n) is 2.22. The van der Waals surface area contributed by atoms with Crippen molar-refractivity contribution in [3.05, 3.63) is 35.4 Å². The van der Waals surface area contributed by atoms with Gasteiger partial charge in [-0.3, -0.25) is 0 Å². The van der Waals surface area contributed by atoms with Crippen molar-refractivity contribution in [3.8, 4) is 0 Å². The van der Waals surface area contributed by atoms with Crippen molar-refractivity contribution in [3.63, 3.8) is 0 Å². The van der Waals surface area contributed by atoms with Crippen LogP contribution in [-0.2, 0) is 13.1 Å². The monoisotopic (exact) mass is 136 g/mol. The summed E-state index contributed by atoms with van der Waals surface area (Å²) in [5.74, 6) is 0. The zero-order valence-electron chi connectivity index (χ0n) is 5.88. The predicted octanol–water partition coefficient (Wildman–Crippen LogP) is 0.604. The lowest BCUT2D eigenvalue weighted by atomic mass is 10.1. The molecule has 0 aliphatic heterocycles. The van der Waals surface area contributed by atoms with E-state index in [0.717, 1.165) is 11.1 Å². The average Bonchev–Trinajstić information content (AvgIpc) is 2.05. The summed E-state index contributed by atoms with van der Waals surface area (Å²) >= 11 is 0. The van der Waals surface area contributed by atoms with E-state index in [0.29, 0.717) is 13.1 Å². The molecule has 0 atom stereocenters. The van der Waals surface area contributed by atoms with Gasteiger partial charge in [-0.2, -0.15) is 0 Å². The number of nitrogens with two attached hydrogens (primary N) is 2. The highest BCUT2D eigenvalue weighted by Gasteiger charge is 1.88. The van der Waals surface area contributed by atoms with E-state index < -0.39 is 0 Å². The third-order valence-electron chi connectivity index (χ3n) is 1.49. The molecule has 54 valence electrons. The van der Waals surface area contributed by atoms with Gasteiger partial charge in [0.05, 0.1) is 0 Å². The molecule has 0 aliphatic carbocycles. The Morgan fingerprint density at radius 2 is 1.10 bits per heavy atom. The van der Waals surface area contributed by atoms with Gasteiger partial charge in [-0.25, -0.2) is 0 Å². The highest BCUT2D eigenvalue weighted by Crippen LogP contribution is 2.01. The Morgan fingerprint density at radius 3 is 1.30 bits per heavy atom. The third-order valence-corrected chi connectivity index (χ3v) is 1.49. The van der Waals surface area contributed by atoms with Crippen LogP contribution in [0.15, 0.2) is 24.3 Å². The van der Waals surface area contributed by atoms with Gasteiger partial charge in [0, 0.05) is 13.1 Å². The van der Waals surface area contributed by atoms with Crippen molar-refractivity contribution >= 4 is 0 Å². The van der Waals surface area contributed by atoms with Crippen LogP contribution in [0.5, 0.6) is 0 Å². The Labute approximate surface area is 60.8 Å². The fourth-order valence-electron chi connectivity index (χ4n) is 0.811. The summed E-state index contributed by atoms with van der Waals surface area (Å²) in [6.45, 7) is 1.20. The normalized spacial score (nSPS) is 9.80. The first-order valence-electron chi connectivity index (χ1n) is 3.34. The zero-order valence-corrected chi connectivity index (χ0v) is 5.88. The minimum atomic E-state index is 0.602. The van der Waals surface area contributed by atoms with Crippen LogP contribution in [0.3, 0.4) is 0 Å². The highest BCUT2D eigenvalue weighted by molar-refractivity contribution is 5.21. The first kappa shape index (κ1) is 7.25. The van der Waals surface area contributed by atoms with E-state index in [2.05, 4.69) is 0 Å². The predicted molar refractivity (Wildman–Crippen MR) is 42.2 cm³/mol. The van der Waals surface area contributed by atoms with Gasteiger partial charge in [0.25, 0.3) is 0 Å². The van der Waals surface area contributed by atoms with Crippen molar-refractivity contribution < 1.29 is 0 Å². The molecule has 2 heteroatoms. The molecule has 0 spiro atoms. The van der Waals surface area contributed by atoms with Gasteiger partial charge in [0.1, 0.15) is 0 Å². The number of rotatable bonds is 2. The van der Waals surface area contributed by atoms with Crippen LogP contribution in [0.2, 0.25) is 0 Å². The topological polar surface area (TPSA) is 52.0 Å². The molecular weight excluding hydrogens is 124 g/mol. The molecule has 0 unspecified atom stereocenters. The summed E-state index contributed by atoms with van der Waals surface area (Å²) < 4.78 is 0. The van der Waals surface area contributed by atoms with E-state index in [-0.39, 0.29) is 0 Å².